The van der Waals surface area contributed by atoms with Gasteiger partial charge in [0.2, 0.25) is 0 Å². The van der Waals surface area contributed by atoms with Gasteiger partial charge in [0.25, 0.3) is 0 Å². The van der Waals surface area contributed by atoms with Crippen LogP contribution in [-0.4, -0.2) is 50.3 Å². The fourth-order valence-electron chi connectivity index (χ4n) is 3.30. The Hall–Kier alpha value is -1.82. The third kappa shape index (κ3) is 4.38. The van der Waals surface area contributed by atoms with Crippen molar-refractivity contribution in [2.75, 3.05) is 49.6 Å². The van der Waals surface area contributed by atoms with E-state index in [0.29, 0.717) is 37.7 Å². The number of nitrogens with one attached hydrogen (secondary N) is 1. The van der Waals surface area contributed by atoms with Gasteiger partial charge in [-0.25, -0.2) is 9.18 Å². The van der Waals surface area contributed by atoms with Crippen molar-refractivity contribution in [1.82, 2.24) is 4.90 Å². The molecule has 5 nitrogen and oxygen atoms in total. The van der Waals surface area contributed by atoms with Gasteiger partial charge in [-0.3, -0.25) is 0 Å². The fourth-order valence-corrected chi connectivity index (χ4v) is 3.30. The standard InChI is InChI=1S/C18H26FN3O2/c19-16-14-15(6-7-17(16)21-10-12-24-13-11-21)20-18(23)22-8-4-2-1-3-5-9-22/h6-7,14H,1-5,8-13H2,(H,20,23). The molecule has 0 bridgehead atoms. The number of benzene rings is 1. The van der Waals surface area contributed by atoms with E-state index in [0.717, 1.165) is 25.9 Å². The number of carbonyl (C=O) groups is 1. The molecule has 0 unspecified atom stereocenters. The summed E-state index contributed by atoms with van der Waals surface area (Å²) in [5.41, 5.74) is 1.08. The van der Waals surface area contributed by atoms with Gasteiger partial charge in [-0.15, -0.1) is 0 Å². The first-order valence-corrected chi connectivity index (χ1v) is 8.92. The molecule has 1 aromatic rings. The van der Waals surface area contributed by atoms with Crippen LogP contribution >= 0.6 is 0 Å². The molecule has 1 aromatic carbocycles. The van der Waals surface area contributed by atoms with Crippen LogP contribution in [-0.2, 0) is 4.74 Å². The Labute approximate surface area is 142 Å². The average molecular weight is 335 g/mol. The molecule has 0 atom stereocenters. The summed E-state index contributed by atoms with van der Waals surface area (Å²) >= 11 is 0. The van der Waals surface area contributed by atoms with E-state index < -0.39 is 0 Å². The molecule has 132 valence electrons. The monoisotopic (exact) mass is 335 g/mol. The maximum Gasteiger partial charge on any atom is 0.321 e. The molecule has 2 amide bonds. The summed E-state index contributed by atoms with van der Waals surface area (Å²) in [5, 5.41) is 2.83. The van der Waals surface area contributed by atoms with Crippen molar-refractivity contribution in [3.05, 3.63) is 24.0 Å². The van der Waals surface area contributed by atoms with Crippen molar-refractivity contribution < 1.29 is 13.9 Å². The maximum absolute atomic E-state index is 14.4. The lowest BCUT2D eigenvalue weighted by molar-refractivity contribution is 0.122. The summed E-state index contributed by atoms with van der Waals surface area (Å²) in [7, 11) is 0. The van der Waals surface area contributed by atoms with Crippen molar-refractivity contribution in [2.45, 2.75) is 32.1 Å². The smallest absolute Gasteiger partial charge is 0.321 e. The van der Waals surface area contributed by atoms with Crippen molar-refractivity contribution in [3.63, 3.8) is 0 Å². The minimum Gasteiger partial charge on any atom is -0.378 e. The molecule has 24 heavy (non-hydrogen) atoms. The molecule has 6 heteroatoms. The summed E-state index contributed by atoms with van der Waals surface area (Å²) in [5.74, 6) is -0.303. The predicted octanol–water partition coefficient (Wildman–Crippen LogP) is 3.46. The average Bonchev–Trinajstić information content (AvgIpc) is 2.55. The van der Waals surface area contributed by atoms with E-state index in [1.807, 2.05) is 9.80 Å². The van der Waals surface area contributed by atoms with Gasteiger partial charge in [-0.2, -0.15) is 0 Å². The van der Waals surface area contributed by atoms with Gasteiger partial charge in [0, 0.05) is 31.9 Å². The number of amides is 2. The van der Waals surface area contributed by atoms with E-state index in [9.17, 15) is 9.18 Å². The number of ether oxygens (including phenoxy) is 1. The topological polar surface area (TPSA) is 44.8 Å². The first-order chi connectivity index (χ1) is 11.7. The molecule has 3 rings (SSSR count). The van der Waals surface area contributed by atoms with Crippen LogP contribution in [0.3, 0.4) is 0 Å². The number of rotatable bonds is 2. The van der Waals surface area contributed by atoms with E-state index >= 15 is 0 Å². The maximum atomic E-state index is 14.4. The van der Waals surface area contributed by atoms with Crippen LogP contribution in [0.1, 0.15) is 32.1 Å². The highest BCUT2D eigenvalue weighted by atomic mass is 19.1. The minimum absolute atomic E-state index is 0.129. The zero-order valence-electron chi connectivity index (χ0n) is 14.1. The van der Waals surface area contributed by atoms with Gasteiger partial charge in [0.1, 0.15) is 5.82 Å². The summed E-state index contributed by atoms with van der Waals surface area (Å²) in [6.07, 6.45) is 5.68. The Morgan fingerprint density at radius 1 is 1.00 bits per heavy atom. The van der Waals surface area contributed by atoms with Gasteiger partial charge < -0.3 is 19.9 Å². The van der Waals surface area contributed by atoms with E-state index in [1.165, 1.54) is 25.3 Å². The molecule has 0 spiro atoms. The molecule has 0 aliphatic carbocycles. The quantitative estimate of drug-likeness (QED) is 0.900. The van der Waals surface area contributed by atoms with E-state index in [4.69, 9.17) is 4.74 Å². The molecule has 2 saturated heterocycles. The number of hydrogen-bond acceptors (Lipinski definition) is 3. The van der Waals surface area contributed by atoms with Crippen LogP contribution in [0.2, 0.25) is 0 Å². The zero-order chi connectivity index (χ0) is 16.8. The number of anilines is 2. The Bertz CT molecular complexity index is 553. The van der Waals surface area contributed by atoms with Crippen LogP contribution in [0.25, 0.3) is 0 Å². The van der Waals surface area contributed by atoms with Crippen molar-refractivity contribution in [3.8, 4) is 0 Å². The minimum atomic E-state index is -0.303. The summed E-state index contributed by atoms with van der Waals surface area (Å²) in [6, 6.07) is 4.79. The number of carbonyl (C=O) groups excluding carboxylic acids is 1. The van der Waals surface area contributed by atoms with Crippen molar-refractivity contribution in [2.24, 2.45) is 0 Å². The second kappa shape index (κ2) is 8.33. The highest BCUT2D eigenvalue weighted by Crippen LogP contribution is 2.24. The lowest BCUT2D eigenvalue weighted by Gasteiger charge is -2.29. The Morgan fingerprint density at radius 2 is 1.67 bits per heavy atom. The number of hydrogen-bond donors (Lipinski definition) is 1. The zero-order valence-corrected chi connectivity index (χ0v) is 14.1. The Balaban J connectivity index is 1.62. The largest absolute Gasteiger partial charge is 0.378 e. The van der Waals surface area contributed by atoms with Crippen LogP contribution in [0.5, 0.6) is 0 Å². The van der Waals surface area contributed by atoms with Crippen LogP contribution in [0.4, 0.5) is 20.6 Å². The first kappa shape index (κ1) is 17.0. The second-order valence-electron chi connectivity index (χ2n) is 6.45. The van der Waals surface area contributed by atoms with Crippen molar-refractivity contribution >= 4 is 17.4 Å². The van der Waals surface area contributed by atoms with Gasteiger partial charge in [0.15, 0.2) is 0 Å². The molecule has 2 heterocycles. The third-order valence-electron chi connectivity index (χ3n) is 4.69. The Morgan fingerprint density at radius 3 is 2.33 bits per heavy atom. The number of halogens is 1. The molecule has 0 radical (unpaired) electrons. The first-order valence-electron chi connectivity index (χ1n) is 8.92. The third-order valence-corrected chi connectivity index (χ3v) is 4.69. The molecule has 0 aromatic heterocycles. The fraction of sp³-hybridized carbons (Fsp3) is 0.611. The number of urea groups is 1. The summed E-state index contributed by atoms with van der Waals surface area (Å²) < 4.78 is 19.7. The molecular formula is C18H26FN3O2. The van der Waals surface area contributed by atoms with Crippen molar-refractivity contribution in [1.29, 1.82) is 0 Å². The van der Waals surface area contributed by atoms with Crippen LogP contribution < -0.4 is 10.2 Å². The number of morpholine rings is 1. The van der Waals surface area contributed by atoms with Gasteiger partial charge in [0.05, 0.1) is 18.9 Å². The van der Waals surface area contributed by atoms with Gasteiger partial charge in [-0.05, 0) is 31.0 Å². The molecule has 1 N–H and O–H groups in total. The van der Waals surface area contributed by atoms with E-state index in [1.54, 1.807) is 12.1 Å². The highest BCUT2D eigenvalue weighted by molar-refractivity contribution is 5.89. The molecule has 2 fully saturated rings. The summed E-state index contributed by atoms with van der Waals surface area (Å²) in [4.78, 5) is 16.2. The van der Waals surface area contributed by atoms with Gasteiger partial charge in [-0.1, -0.05) is 19.3 Å². The molecule has 2 aliphatic rings. The molecule has 2 aliphatic heterocycles. The van der Waals surface area contributed by atoms with Crippen LogP contribution in [0, 0.1) is 5.82 Å². The molecular weight excluding hydrogens is 309 g/mol. The van der Waals surface area contributed by atoms with Gasteiger partial charge >= 0.3 is 6.03 Å². The second-order valence-corrected chi connectivity index (χ2v) is 6.45. The van der Waals surface area contributed by atoms with Crippen LogP contribution in [0.15, 0.2) is 18.2 Å². The van der Waals surface area contributed by atoms with E-state index in [2.05, 4.69) is 5.32 Å². The SMILES string of the molecule is O=C(Nc1ccc(N2CCOCC2)c(F)c1)N1CCCCCCC1. The highest BCUT2D eigenvalue weighted by Gasteiger charge is 2.18. The van der Waals surface area contributed by atoms with E-state index in [-0.39, 0.29) is 11.8 Å². The predicted molar refractivity (Wildman–Crippen MR) is 93.1 cm³/mol. The lowest BCUT2D eigenvalue weighted by Crippen LogP contribution is -2.37. The Kier molecular flexibility index (Phi) is 5.91. The lowest BCUT2D eigenvalue weighted by atomic mass is 10.1. The number of nitrogens with zero attached hydrogens (tertiary/aromatic N) is 2. The normalized spacial score (nSPS) is 19.5. The number of likely N-dealkylation sites (tertiary alicyclic amines) is 1. The summed E-state index contributed by atoms with van der Waals surface area (Å²) in [6.45, 7) is 4.17. The molecule has 0 saturated carbocycles.